The van der Waals surface area contributed by atoms with E-state index in [0.29, 0.717) is 6.61 Å². The number of likely N-dealkylation sites (tertiary alicyclic amines) is 1. The van der Waals surface area contributed by atoms with Crippen molar-refractivity contribution in [3.8, 4) is 0 Å². The SMILES string of the molecule is CCCCOC(=O)C1CCN(Cc2ccccc2)C1. The fraction of sp³-hybridized carbons (Fsp3) is 0.562. The Morgan fingerprint density at radius 2 is 2.16 bits per heavy atom. The number of hydrogen-bond donors (Lipinski definition) is 0. The minimum absolute atomic E-state index is 0.0102. The van der Waals surface area contributed by atoms with Crippen molar-refractivity contribution in [1.29, 1.82) is 0 Å². The van der Waals surface area contributed by atoms with Crippen molar-refractivity contribution in [3.63, 3.8) is 0 Å². The van der Waals surface area contributed by atoms with Crippen LogP contribution in [-0.4, -0.2) is 30.6 Å². The van der Waals surface area contributed by atoms with Crippen molar-refractivity contribution < 1.29 is 9.53 Å². The number of unbranched alkanes of at least 4 members (excludes halogenated alkanes) is 1. The maximum Gasteiger partial charge on any atom is 0.310 e. The van der Waals surface area contributed by atoms with E-state index in [1.54, 1.807) is 0 Å². The van der Waals surface area contributed by atoms with Crippen LogP contribution in [0.15, 0.2) is 30.3 Å². The summed E-state index contributed by atoms with van der Waals surface area (Å²) in [5.41, 5.74) is 1.31. The molecule has 0 amide bonds. The second-order valence-electron chi connectivity index (χ2n) is 5.23. The molecule has 0 radical (unpaired) electrons. The van der Waals surface area contributed by atoms with Crippen LogP contribution in [0.3, 0.4) is 0 Å². The van der Waals surface area contributed by atoms with E-state index in [9.17, 15) is 4.79 Å². The van der Waals surface area contributed by atoms with E-state index >= 15 is 0 Å². The van der Waals surface area contributed by atoms with Crippen LogP contribution in [-0.2, 0) is 16.1 Å². The molecule has 1 unspecified atom stereocenters. The molecule has 0 N–H and O–H groups in total. The van der Waals surface area contributed by atoms with Crippen molar-refractivity contribution in [2.75, 3.05) is 19.7 Å². The van der Waals surface area contributed by atoms with E-state index in [-0.39, 0.29) is 11.9 Å². The highest BCUT2D eigenvalue weighted by atomic mass is 16.5. The molecular weight excluding hydrogens is 238 g/mol. The first-order valence-electron chi connectivity index (χ1n) is 7.22. The number of hydrogen-bond acceptors (Lipinski definition) is 3. The molecule has 2 rings (SSSR count). The van der Waals surface area contributed by atoms with Gasteiger partial charge in [0.1, 0.15) is 0 Å². The van der Waals surface area contributed by atoms with Gasteiger partial charge in [-0.25, -0.2) is 0 Å². The third kappa shape index (κ3) is 4.35. The molecule has 1 heterocycles. The van der Waals surface area contributed by atoms with E-state index in [1.165, 1.54) is 5.56 Å². The summed E-state index contributed by atoms with van der Waals surface area (Å²) >= 11 is 0. The maximum atomic E-state index is 11.9. The topological polar surface area (TPSA) is 29.5 Å². The Morgan fingerprint density at radius 1 is 1.37 bits per heavy atom. The number of carbonyl (C=O) groups excluding carboxylic acids is 1. The number of carbonyl (C=O) groups is 1. The van der Waals surface area contributed by atoms with Crippen molar-refractivity contribution in [2.24, 2.45) is 5.92 Å². The molecule has 19 heavy (non-hydrogen) atoms. The van der Waals surface area contributed by atoms with E-state index in [4.69, 9.17) is 4.74 Å². The smallest absolute Gasteiger partial charge is 0.310 e. The van der Waals surface area contributed by atoms with Gasteiger partial charge in [0.05, 0.1) is 12.5 Å². The van der Waals surface area contributed by atoms with Crippen LogP contribution in [0.25, 0.3) is 0 Å². The zero-order chi connectivity index (χ0) is 13.5. The van der Waals surface area contributed by atoms with Crippen LogP contribution in [0.2, 0.25) is 0 Å². The molecule has 104 valence electrons. The molecule has 1 aromatic carbocycles. The van der Waals surface area contributed by atoms with Crippen LogP contribution >= 0.6 is 0 Å². The Labute approximate surface area is 115 Å². The zero-order valence-corrected chi connectivity index (χ0v) is 11.7. The van der Waals surface area contributed by atoms with Crippen molar-refractivity contribution >= 4 is 5.97 Å². The van der Waals surface area contributed by atoms with Gasteiger partial charge in [-0.2, -0.15) is 0 Å². The van der Waals surface area contributed by atoms with Crippen LogP contribution < -0.4 is 0 Å². The fourth-order valence-corrected chi connectivity index (χ4v) is 2.45. The van der Waals surface area contributed by atoms with Crippen molar-refractivity contribution in [3.05, 3.63) is 35.9 Å². The summed E-state index contributed by atoms with van der Waals surface area (Å²) in [6, 6.07) is 10.4. The predicted molar refractivity (Wildman–Crippen MR) is 75.7 cm³/mol. The summed E-state index contributed by atoms with van der Waals surface area (Å²) in [4.78, 5) is 14.2. The molecule has 1 aromatic rings. The first-order chi connectivity index (χ1) is 9.29. The Balaban J connectivity index is 1.75. The molecule has 1 atom stereocenters. The van der Waals surface area contributed by atoms with Crippen molar-refractivity contribution in [2.45, 2.75) is 32.7 Å². The van der Waals surface area contributed by atoms with Gasteiger partial charge in [0.2, 0.25) is 0 Å². The van der Waals surface area contributed by atoms with E-state index in [0.717, 1.165) is 38.9 Å². The third-order valence-electron chi connectivity index (χ3n) is 3.60. The normalized spacial score (nSPS) is 19.5. The first-order valence-corrected chi connectivity index (χ1v) is 7.22. The summed E-state index contributed by atoms with van der Waals surface area (Å²) in [6.45, 7) is 5.43. The minimum Gasteiger partial charge on any atom is -0.465 e. The molecule has 1 fully saturated rings. The number of benzene rings is 1. The molecule has 0 aromatic heterocycles. The van der Waals surface area contributed by atoms with Gasteiger partial charge in [0.15, 0.2) is 0 Å². The number of rotatable bonds is 6. The molecule has 0 aliphatic carbocycles. The van der Waals surface area contributed by atoms with Gasteiger partial charge in [0, 0.05) is 13.1 Å². The van der Waals surface area contributed by atoms with Gasteiger partial charge in [-0.3, -0.25) is 9.69 Å². The van der Waals surface area contributed by atoms with Gasteiger partial charge in [0.25, 0.3) is 0 Å². The molecule has 1 saturated heterocycles. The average Bonchev–Trinajstić information content (AvgIpc) is 2.89. The molecule has 3 nitrogen and oxygen atoms in total. The molecule has 1 aliphatic rings. The lowest BCUT2D eigenvalue weighted by molar-refractivity contribution is -0.148. The molecule has 1 aliphatic heterocycles. The average molecular weight is 261 g/mol. The number of ether oxygens (including phenoxy) is 1. The third-order valence-corrected chi connectivity index (χ3v) is 3.60. The Bertz CT molecular complexity index is 391. The zero-order valence-electron chi connectivity index (χ0n) is 11.7. The van der Waals surface area contributed by atoms with E-state index in [1.807, 2.05) is 6.07 Å². The molecule has 0 saturated carbocycles. The lowest BCUT2D eigenvalue weighted by atomic mass is 10.1. The highest BCUT2D eigenvalue weighted by Crippen LogP contribution is 2.20. The molecular formula is C16H23NO2. The Hall–Kier alpha value is -1.35. The molecule has 0 bridgehead atoms. The van der Waals surface area contributed by atoms with Gasteiger partial charge < -0.3 is 4.74 Å². The monoisotopic (exact) mass is 261 g/mol. The highest BCUT2D eigenvalue weighted by Gasteiger charge is 2.29. The summed E-state index contributed by atoms with van der Waals surface area (Å²) in [7, 11) is 0. The van der Waals surface area contributed by atoms with E-state index < -0.39 is 0 Å². The first kappa shape index (κ1) is 14.1. The van der Waals surface area contributed by atoms with Gasteiger partial charge in [-0.15, -0.1) is 0 Å². The Kier molecular flexibility index (Phi) is 5.40. The second-order valence-corrected chi connectivity index (χ2v) is 5.23. The molecule has 3 heteroatoms. The Morgan fingerprint density at radius 3 is 2.89 bits per heavy atom. The number of nitrogens with zero attached hydrogens (tertiary/aromatic N) is 1. The lowest BCUT2D eigenvalue weighted by Gasteiger charge is -2.15. The number of esters is 1. The quantitative estimate of drug-likeness (QED) is 0.582. The minimum atomic E-state index is -0.0102. The highest BCUT2D eigenvalue weighted by molar-refractivity contribution is 5.73. The largest absolute Gasteiger partial charge is 0.465 e. The van der Waals surface area contributed by atoms with Gasteiger partial charge >= 0.3 is 5.97 Å². The van der Waals surface area contributed by atoms with Gasteiger partial charge in [-0.05, 0) is 24.9 Å². The summed E-state index contributed by atoms with van der Waals surface area (Å²) in [5.74, 6) is 0.0598. The predicted octanol–water partition coefficient (Wildman–Crippen LogP) is 2.85. The van der Waals surface area contributed by atoms with Crippen LogP contribution in [0, 0.1) is 5.92 Å². The fourth-order valence-electron chi connectivity index (χ4n) is 2.45. The van der Waals surface area contributed by atoms with Crippen LogP contribution in [0.5, 0.6) is 0 Å². The summed E-state index contributed by atoms with van der Waals surface area (Å²) < 4.78 is 5.30. The van der Waals surface area contributed by atoms with Crippen molar-refractivity contribution in [1.82, 2.24) is 4.90 Å². The summed E-state index contributed by atoms with van der Waals surface area (Å²) in [5, 5.41) is 0. The summed E-state index contributed by atoms with van der Waals surface area (Å²) in [6.07, 6.45) is 2.96. The molecule has 0 spiro atoms. The van der Waals surface area contributed by atoms with Crippen LogP contribution in [0.1, 0.15) is 31.7 Å². The standard InChI is InChI=1S/C16H23NO2/c1-2-3-11-19-16(18)15-9-10-17(13-15)12-14-7-5-4-6-8-14/h4-8,15H,2-3,9-13H2,1H3. The van der Waals surface area contributed by atoms with Crippen LogP contribution in [0.4, 0.5) is 0 Å². The van der Waals surface area contributed by atoms with Gasteiger partial charge in [-0.1, -0.05) is 43.7 Å². The van der Waals surface area contributed by atoms with E-state index in [2.05, 4.69) is 36.1 Å². The second kappa shape index (κ2) is 7.29. The lowest BCUT2D eigenvalue weighted by Crippen LogP contribution is -2.24. The maximum absolute atomic E-state index is 11.9.